The van der Waals surface area contributed by atoms with E-state index in [1.54, 1.807) is 12.1 Å². The molecule has 0 bridgehead atoms. The summed E-state index contributed by atoms with van der Waals surface area (Å²) in [4.78, 5) is 12.2. The van der Waals surface area contributed by atoms with Crippen LogP contribution in [-0.2, 0) is 6.42 Å². The molecular formula is C16H15BrClNO. The average Bonchev–Trinajstić information content (AvgIpc) is 2.44. The lowest BCUT2D eigenvalue weighted by Gasteiger charge is -2.09. The van der Waals surface area contributed by atoms with Gasteiger partial charge in [0.1, 0.15) is 0 Å². The summed E-state index contributed by atoms with van der Waals surface area (Å²) in [5, 5.41) is 4.38. The van der Waals surface area contributed by atoms with Crippen LogP contribution in [0.1, 0.15) is 21.5 Å². The lowest BCUT2D eigenvalue weighted by Crippen LogP contribution is -2.13. The molecule has 4 heteroatoms. The van der Waals surface area contributed by atoms with E-state index >= 15 is 0 Å². The van der Waals surface area contributed by atoms with Crippen LogP contribution in [-0.4, -0.2) is 11.2 Å². The van der Waals surface area contributed by atoms with Crippen molar-refractivity contribution in [1.82, 2.24) is 0 Å². The summed E-state index contributed by atoms with van der Waals surface area (Å²) in [6, 6.07) is 13.2. The highest BCUT2D eigenvalue weighted by Gasteiger charge is 2.09. The molecule has 0 spiro atoms. The van der Waals surface area contributed by atoms with Crippen LogP contribution < -0.4 is 5.32 Å². The van der Waals surface area contributed by atoms with Crippen molar-refractivity contribution in [1.29, 1.82) is 0 Å². The first-order valence-electron chi connectivity index (χ1n) is 6.32. The lowest BCUT2D eigenvalue weighted by atomic mass is 10.1. The largest absolute Gasteiger partial charge is 0.322 e. The molecule has 0 aromatic heterocycles. The van der Waals surface area contributed by atoms with Gasteiger partial charge in [-0.1, -0.05) is 45.7 Å². The fourth-order valence-corrected chi connectivity index (χ4v) is 2.53. The topological polar surface area (TPSA) is 29.1 Å². The monoisotopic (exact) mass is 351 g/mol. The number of nitrogens with one attached hydrogen (secondary N) is 1. The molecule has 0 aliphatic heterocycles. The Kier molecular flexibility index (Phi) is 5.21. The average molecular weight is 353 g/mol. The molecule has 0 radical (unpaired) electrons. The van der Waals surface area contributed by atoms with Gasteiger partial charge in [-0.3, -0.25) is 4.79 Å². The van der Waals surface area contributed by atoms with Gasteiger partial charge < -0.3 is 5.32 Å². The number of carbonyl (C=O) groups excluding carboxylic acids is 1. The smallest absolute Gasteiger partial charge is 0.255 e. The van der Waals surface area contributed by atoms with E-state index in [0.29, 0.717) is 10.6 Å². The molecule has 0 saturated heterocycles. The standard InChI is InChI=1S/C16H15BrClNO/c1-11-2-5-13(18)10-15(11)16(20)19-14-6-3-12(4-7-14)8-9-17/h2-7,10H,8-9H2,1H3,(H,19,20). The Bertz CT molecular complexity index is 610. The van der Waals surface area contributed by atoms with Crippen molar-refractivity contribution in [3.63, 3.8) is 0 Å². The molecule has 1 N–H and O–H groups in total. The molecule has 0 atom stereocenters. The third-order valence-corrected chi connectivity index (χ3v) is 3.67. The highest BCUT2D eigenvalue weighted by molar-refractivity contribution is 9.09. The van der Waals surface area contributed by atoms with Crippen LogP contribution in [0.5, 0.6) is 0 Å². The third kappa shape index (κ3) is 3.84. The Morgan fingerprint density at radius 1 is 1.20 bits per heavy atom. The molecule has 0 fully saturated rings. The molecule has 0 heterocycles. The number of hydrogen-bond acceptors (Lipinski definition) is 1. The predicted molar refractivity (Wildman–Crippen MR) is 88.1 cm³/mol. The molecule has 2 rings (SSSR count). The van der Waals surface area contributed by atoms with E-state index in [-0.39, 0.29) is 5.91 Å². The fourth-order valence-electron chi connectivity index (χ4n) is 1.90. The van der Waals surface area contributed by atoms with Gasteiger partial charge in [-0.25, -0.2) is 0 Å². The second kappa shape index (κ2) is 6.91. The number of amides is 1. The summed E-state index contributed by atoms with van der Waals surface area (Å²) in [6.07, 6.45) is 0.974. The van der Waals surface area contributed by atoms with Crippen LogP contribution in [0.4, 0.5) is 5.69 Å². The van der Waals surface area contributed by atoms with Crippen molar-refractivity contribution in [3.05, 3.63) is 64.2 Å². The fraction of sp³-hybridized carbons (Fsp3) is 0.188. The van der Waals surface area contributed by atoms with Gasteiger partial charge in [-0.2, -0.15) is 0 Å². The van der Waals surface area contributed by atoms with Gasteiger partial charge in [0.2, 0.25) is 0 Å². The van der Waals surface area contributed by atoms with Gasteiger partial charge in [0.05, 0.1) is 0 Å². The van der Waals surface area contributed by atoms with Gasteiger partial charge in [-0.05, 0) is 48.7 Å². The summed E-state index contributed by atoms with van der Waals surface area (Å²) in [6.45, 7) is 1.89. The molecule has 20 heavy (non-hydrogen) atoms. The second-order valence-corrected chi connectivity index (χ2v) is 5.78. The predicted octanol–water partition coefficient (Wildman–Crippen LogP) is 4.84. The van der Waals surface area contributed by atoms with E-state index in [0.717, 1.165) is 23.0 Å². The maximum absolute atomic E-state index is 12.2. The van der Waals surface area contributed by atoms with Crippen molar-refractivity contribution >= 4 is 39.1 Å². The van der Waals surface area contributed by atoms with Gasteiger partial charge in [0.15, 0.2) is 0 Å². The first-order valence-corrected chi connectivity index (χ1v) is 7.82. The molecule has 0 saturated carbocycles. The van der Waals surface area contributed by atoms with E-state index in [1.165, 1.54) is 5.56 Å². The highest BCUT2D eigenvalue weighted by Crippen LogP contribution is 2.18. The number of benzene rings is 2. The number of anilines is 1. The minimum Gasteiger partial charge on any atom is -0.322 e. The maximum atomic E-state index is 12.2. The molecule has 0 aliphatic carbocycles. The number of hydrogen-bond donors (Lipinski definition) is 1. The molecule has 0 aliphatic rings. The summed E-state index contributed by atoms with van der Waals surface area (Å²) < 4.78 is 0. The first kappa shape index (κ1) is 15.1. The van der Waals surface area contributed by atoms with Crippen LogP contribution in [0, 0.1) is 6.92 Å². The van der Waals surface area contributed by atoms with Crippen LogP contribution in [0.15, 0.2) is 42.5 Å². The van der Waals surface area contributed by atoms with Gasteiger partial charge in [0.25, 0.3) is 5.91 Å². The van der Waals surface area contributed by atoms with Crippen LogP contribution in [0.3, 0.4) is 0 Å². The third-order valence-electron chi connectivity index (χ3n) is 3.04. The normalized spacial score (nSPS) is 10.3. The molecule has 1 amide bonds. The zero-order valence-electron chi connectivity index (χ0n) is 11.1. The Hall–Kier alpha value is -1.32. The minimum atomic E-state index is -0.141. The number of alkyl halides is 1. The Morgan fingerprint density at radius 3 is 2.55 bits per heavy atom. The molecular weight excluding hydrogens is 338 g/mol. The second-order valence-electron chi connectivity index (χ2n) is 4.55. The Labute approximate surface area is 132 Å². The SMILES string of the molecule is Cc1ccc(Cl)cc1C(=O)Nc1ccc(CCBr)cc1. The highest BCUT2D eigenvalue weighted by atomic mass is 79.9. The zero-order chi connectivity index (χ0) is 14.5. The van der Waals surface area contributed by atoms with Crippen molar-refractivity contribution < 1.29 is 4.79 Å². The van der Waals surface area contributed by atoms with Gasteiger partial charge >= 0.3 is 0 Å². The molecule has 104 valence electrons. The maximum Gasteiger partial charge on any atom is 0.255 e. The van der Waals surface area contributed by atoms with Crippen LogP contribution >= 0.6 is 27.5 Å². The van der Waals surface area contributed by atoms with Crippen molar-refractivity contribution in [2.24, 2.45) is 0 Å². The summed E-state index contributed by atoms with van der Waals surface area (Å²) in [5.41, 5.74) is 3.52. The molecule has 0 unspecified atom stereocenters. The van der Waals surface area contributed by atoms with Crippen molar-refractivity contribution in [2.75, 3.05) is 10.6 Å². The van der Waals surface area contributed by atoms with Crippen LogP contribution in [0.2, 0.25) is 5.02 Å². The van der Waals surface area contributed by atoms with E-state index < -0.39 is 0 Å². The van der Waals surface area contributed by atoms with Gasteiger partial charge in [-0.15, -0.1) is 0 Å². The van der Waals surface area contributed by atoms with Crippen molar-refractivity contribution in [2.45, 2.75) is 13.3 Å². The van der Waals surface area contributed by atoms with E-state index in [4.69, 9.17) is 11.6 Å². The number of aryl methyl sites for hydroxylation is 2. The van der Waals surface area contributed by atoms with Crippen molar-refractivity contribution in [3.8, 4) is 0 Å². The summed E-state index contributed by atoms with van der Waals surface area (Å²) >= 11 is 9.34. The van der Waals surface area contributed by atoms with E-state index in [2.05, 4.69) is 21.2 Å². The molecule has 2 aromatic rings. The zero-order valence-corrected chi connectivity index (χ0v) is 13.5. The van der Waals surface area contributed by atoms with E-state index in [1.807, 2.05) is 37.3 Å². The number of rotatable bonds is 4. The number of carbonyl (C=O) groups is 1. The van der Waals surface area contributed by atoms with Gasteiger partial charge in [0, 0.05) is 21.6 Å². The summed E-state index contributed by atoms with van der Waals surface area (Å²) in [5.74, 6) is -0.141. The van der Waals surface area contributed by atoms with E-state index in [9.17, 15) is 4.79 Å². The molecule has 2 nitrogen and oxygen atoms in total. The number of halogens is 2. The van der Waals surface area contributed by atoms with Crippen LogP contribution in [0.25, 0.3) is 0 Å². The Balaban J connectivity index is 2.13. The first-order chi connectivity index (χ1) is 9.60. The Morgan fingerprint density at radius 2 is 1.90 bits per heavy atom. The summed E-state index contributed by atoms with van der Waals surface area (Å²) in [7, 11) is 0. The minimum absolute atomic E-state index is 0.141. The lowest BCUT2D eigenvalue weighted by molar-refractivity contribution is 0.102. The quantitative estimate of drug-likeness (QED) is 0.784. The molecule has 2 aromatic carbocycles.